The minimum Gasteiger partial charge on any atom is -0.481 e. The molecular formula is C8H14N2O4. The van der Waals surface area contributed by atoms with E-state index in [-0.39, 0.29) is 6.61 Å². The van der Waals surface area contributed by atoms with Crippen molar-refractivity contribution >= 4 is 5.97 Å². The summed E-state index contributed by atoms with van der Waals surface area (Å²) >= 11 is 0. The summed E-state index contributed by atoms with van der Waals surface area (Å²) in [6.45, 7) is 0.966. The van der Waals surface area contributed by atoms with Crippen LogP contribution >= 0.6 is 0 Å². The molecule has 1 fully saturated rings. The van der Waals surface area contributed by atoms with Gasteiger partial charge in [0.2, 0.25) is 0 Å². The van der Waals surface area contributed by atoms with Gasteiger partial charge >= 0.3 is 5.97 Å². The monoisotopic (exact) mass is 202 g/mol. The Morgan fingerprint density at radius 1 is 1.57 bits per heavy atom. The Hall–Kier alpha value is -1.17. The average Bonchev–Trinajstić information content (AvgIpc) is 2.19. The molecule has 1 rings (SSSR count). The summed E-state index contributed by atoms with van der Waals surface area (Å²) in [5.41, 5.74) is -0.837. The fourth-order valence-corrected chi connectivity index (χ4v) is 1.70. The maximum Gasteiger partial charge on any atom is 0.312 e. The second-order valence-electron chi connectivity index (χ2n) is 3.55. The highest BCUT2D eigenvalue weighted by molar-refractivity contribution is 5.75. The molecule has 1 N–H and O–H groups in total. The minimum atomic E-state index is -0.857. The molecule has 1 heterocycles. The van der Waals surface area contributed by atoms with Crippen molar-refractivity contribution in [3.63, 3.8) is 0 Å². The van der Waals surface area contributed by atoms with E-state index >= 15 is 0 Å². The average molecular weight is 202 g/mol. The van der Waals surface area contributed by atoms with E-state index in [0.717, 1.165) is 0 Å². The summed E-state index contributed by atoms with van der Waals surface area (Å²) in [5, 5.41) is 13.2. The van der Waals surface area contributed by atoms with Crippen molar-refractivity contribution in [3.05, 3.63) is 4.91 Å². The van der Waals surface area contributed by atoms with Crippen LogP contribution in [0.4, 0.5) is 0 Å². The van der Waals surface area contributed by atoms with Crippen LogP contribution in [-0.4, -0.2) is 42.9 Å². The third kappa shape index (κ3) is 2.01. The van der Waals surface area contributed by atoms with Gasteiger partial charge in [0.1, 0.15) is 0 Å². The smallest absolute Gasteiger partial charge is 0.312 e. The number of hydrogen-bond donors (Lipinski definition) is 1. The van der Waals surface area contributed by atoms with Crippen LogP contribution in [0.15, 0.2) is 5.29 Å². The summed E-state index contributed by atoms with van der Waals surface area (Å²) in [6.07, 6.45) is 0.809. The molecule has 0 unspecified atom stereocenters. The summed E-state index contributed by atoms with van der Waals surface area (Å²) < 4.78 is 4.91. The van der Waals surface area contributed by atoms with Crippen molar-refractivity contribution < 1.29 is 14.6 Å². The van der Waals surface area contributed by atoms with E-state index in [2.05, 4.69) is 5.29 Å². The molecule has 0 amide bonds. The molecule has 0 aromatic heterocycles. The van der Waals surface area contributed by atoms with Crippen molar-refractivity contribution in [2.75, 3.05) is 26.8 Å². The topological polar surface area (TPSA) is 79.2 Å². The van der Waals surface area contributed by atoms with E-state index in [0.29, 0.717) is 25.9 Å². The standard InChI is InChI=1S/C8H14N2O4/c1-14-6-8(7(11)12)2-4-10(9-13)5-3-8/h2-6H2,1H3,(H,11,12). The SMILES string of the molecule is COCC1(C(=O)O)CCN(N=O)CC1. The van der Waals surface area contributed by atoms with Gasteiger partial charge in [-0.05, 0) is 12.8 Å². The molecule has 0 bridgehead atoms. The molecule has 80 valence electrons. The fraction of sp³-hybridized carbons (Fsp3) is 0.875. The molecule has 0 aromatic rings. The first-order valence-corrected chi connectivity index (χ1v) is 4.45. The lowest BCUT2D eigenvalue weighted by Gasteiger charge is -2.35. The molecule has 14 heavy (non-hydrogen) atoms. The summed E-state index contributed by atoms with van der Waals surface area (Å²) in [6, 6.07) is 0. The number of methoxy groups -OCH3 is 1. The predicted octanol–water partition coefficient (Wildman–Crippen LogP) is 0.481. The number of rotatable bonds is 4. The first-order valence-electron chi connectivity index (χ1n) is 4.45. The molecule has 0 radical (unpaired) electrons. The quantitative estimate of drug-likeness (QED) is 0.671. The number of carbonyl (C=O) groups is 1. The lowest BCUT2D eigenvalue weighted by atomic mass is 9.79. The number of nitroso groups, excluding NO2 is 1. The van der Waals surface area contributed by atoms with E-state index in [1.807, 2.05) is 0 Å². The molecule has 0 aliphatic carbocycles. The highest BCUT2D eigenvalue weighted by Gasteiger charge is 2.41. The zero-order chi connectivity index (χ0) is 10.6. The van der Waals surface area contributed by atoms with Crippen LogP contribution in [0.5, 0.6) is 0 Å². The van der Waals surface area contributed by atoms with Gasteiger partial charge in [-0.1, -0.05) is 0 Å². The van der Waals surface area contributed by atoms with Crippen LogP contribution in [0.25, 0.3) is 0 Å². The van der Waals surface area contributed by atoms with Gasteiger partial charge in [0.05, 0.1) is 17.3 Å². The Labute approximate surface area is 81.8 Å². The van der Waals surface area contributed by atoms with Crippen molar-refractivity contribution in [3.8, 4) is 0 Å². The number of piperidine rings is 1. The Kier molecular flexibility index (Phi) is 3.40. The molecule has 1 saturated heterocycles. The Morgan fingerprint density at radius 3 is 2.50 bits per heavy atom. The van der Waals surface area contributed by atoms with Crippen LogP contribution < -0.4 is 0 Å². The van der Waals surface area contributed by atoms with E-state index in [1.165, 1.54) is 12.1 Å². The van der Waals surface area contributed by atoms with E-state index in [1.54, 1.807) is 0 Å². The van der Waals surface area contributed by atoms with Crippen molar-refractivity contribution in [1.82, 2.24) is 5.01 Å². The molecular weight excluding hydrogens is 188 g/mol. The van der Waals surface area contributed by atoms with Crippen molar-refractivity contribution in [1.29, 1.82) is 0 Å². The van der Waals surface area contributed by atoms with Gasteiger partial charge in [0.25, 0.3) is 0 Å². The Morgan fingerprint density at radius 2 is 2.14 bits per heavy atom. The molecule has 6 nitrogen and oxygen atoms in total. The molecule has 1 aliphatic rings. The van der Waals surface area contributed by atoms with Gasteiger partial charge in [0, 0.05) is 20.2 Å². The number of aliphatic carboxylic acids is 1. The lowest BCUT2D eigenvalue weighted by Crippen LogP contribution is -2.45. The van der Waals surface area contributed by atoms with Crippen LogP contribution in [0.3, 0.4) is 0 Å². The number of carboxylic acids is 1. The number of nitrogens with zero attached hydrogens (tertiary/aromatic N) is 2. The van der Waals surface area contributed by atoms with Crippen LogP contribution in [0, 0.1) is 10.3 Å². The highest BCUT2D eigenvalue weighted by Crippen LogP contribution is 2.32. The highest BCUT2D eigenvalue weighted by atomic mass is 16.5. The molecule has 0 spiro atoms. The second kappa shape index (κ2) is 4.36. The van der Waals surface area contributed by atoms with E-state index in [4.69, 9.17) is 9.84 Å². The Bertz CT molecular complexity index is 223. The summed E-state index contributed by atoms with van der Waals surface area (Å²) in [4.78, 5) is 21.2. The zero-order valence-electron chi connectivity index (χ0n) is 8.10. The van der Waals surface area contributed by atoms with Gasteiger partial charge in [-0.25, -0.2) is 0 Å². The van der Waals surface area contributed by atoms with E-state index < -0.39 is 11.4 Å². The third-order valence-electron chi connectivity index (χ3n) is 2.69. The molecule has 6 heteroatoms. The third-order valence-corrected chi connectivity index (χ3v) is 2.69. The molecule has 0 atom stereocenters. The minimum absolute atomic E-state index is 0.190. The fourth-order valence-electron chi connectivity index (χ4n) is 1.70. The second-order valence-corrected chi connectivity index (χ2v) is 3.55. The molecule has 1 aliphatic heterocycles. The largest absolute Gasteiger partial charge is 0.481 e. The maximum atomic E-state index is 11.1. The molecule has 0 aromatic carbocycles. The first-order chi connectivity index (χ1) is 6.64. The van der Waals surface area contributed by atoms with Gasteiger partial charge in [0.15, 0.2) is 0 Å². The summed E-state index contributed by atoms with van der Waals surface area (Å²) in [7, 11) is 1.48. The molecule has 0 saturated carbocycles. The van der Waals surface area contributed by atoms with Gasteiger partial charge in [-0.3, -0.25) is 9.80 Å². The van der Waals surface area contributed by atoms with Crippen LogP contribution in [0.1, 0.15) is 12.8 Å². The van der Waals surface area contributed by atoms with Crippen molar-refractivity contribution in [2.24, 2.45) is 10.7 Å². The predicted molar refractivity (Wildman–Crippen MR) is 48.5 cm³/mol. The number of ether oxygens (including phenoxy) is 1. The lowest BCUT2D eigenvalue weighted by molar-refractivity contribution is -0.156. The maximum absolute atomic E-state index is 11.1. The number of carboxylic acid groups (broad SMARTS) is 1. The van der Waals surface area contributed by atoms with E-state index in [9.17, 15) is 9.70 Å². The van der Waals surface area contributed by atoms with Gasteiger partial charge in [-0.15, -0.1) is 4.91 Å². The van der Waals surface area contributed by atoms with Crippen molar-refractivity contribution in [2.45, 2.75) is 12.8 Å². The van der Waals surface area contributed by atoms with Gasteiger partial charge < -0.3 is 9.84 Å². The summed E-state index contributed by atoms with van der Waals surface area (Å²) in [5.74, 6) is -0.857. The van der Waals surface area contributed by atoms with Gasteiger partial charge in [-0.2, -0.15) is 0 Å². The number of hydrogen-bond acceptors (Lipinski definition) is 4. The zero-order valence-corrected chi connectivity index (χ0v) is 8.10. The van der Waals surface area contributed by atoms with Crippen LogP contribution in [-0.2, 0) is 9.53 Å². The Balaban J connectivity index is 2.63. The van der Waals surface area contributed by atoms with Crippen LogP contribution in [0.2, 0.25) is 0 Å². The first kappa shape index (κ1) is 10.9. The normalized spacial score (nSPS) is 20.5.